The van der Waals surface area contributed by atoms with Crippen molar-refractivity contribution in [3.63, 3.8) is 0 Å². The highest BCUT2D eigenvalue weighted by Crippen LogP contribution is 2.24. The van der Waals surface area contributed by atoms with Crippen LogP contribution in [0.5, 0.6) is 5.75 Å². The van der Waals surface area contributed by atoms with Gasteiger partial charge in [-0.1, -0.05) is 13.0 Å². The maximum Gasteiger partial charge on any atom is 0.125 e. The van der Waals surface area contributed by atoms with Crippen molar-refractivity contribution in [2.45, 2.75) is 32.4 Å². The van der Waals surface area contributed by atoms with Crippen LogP contribution in [0.1, 0.15) is 25.3 Å². The molecule has 0 amide bonds. The number of ether oxygens (including phenoxy) is 2. The fraction of sp³-hybridized carbons (Fsp3) is 0.600. The van der Waals surface area contributed by atoms with E-state index in [1.54, 1.807) is 7.11 Å². The van der Waals surface area contributed by atoms with Gasteiger partial charge in [-0.3, -0.25) is 0 Å². The second-order valence-corrected chi connectivity index (χ2v) is 5.07. The third-order valence-corrected chi connectivity index (χ3v) is 3.78. The molecule has 0 spiro atoms. The third kappa shape index (κ3) is 3.61. The maximum absolute atomic E-state index is 5.75. The van der Waals surface area contributed by atoms with E-state index < -0.39 is 0 Å². The largest absolute Gasteiger partial charge is 0.496 e. The Morgan fingerprint density at radius 3 is 3.05 bits per heavy atom. The van der Waals surface area contributed by atoms with Gasteiger partial charge < -0.3 is 20.5 Å². The lowest BCUT2D eigenvalue weighted by Crippen LogP contribution is -2.28. The van der Waals surface area contributed by atoms with Gasteiger partial charge in [0.05, 0.1) is 13.2 Å². The molecule has 1 aliphatic heterocycles. The molecule has 2 rings (SSSR count). The van der Waals surface area contributed by atoms with Gasteiger partial charge in [-0.05, 0) is 24.8 Å². The van der Waals surface area contributed by atoms with E-state index >= 15 is 0 Å². The van der Waals surface area contributed by atoms with Gasteiger partial charge in [0.15, 0.2) is 0 Å². The first-order valence-corrected chi connectivity index (χ1v) is 6.99. The highest BCUT2D eigenvalue weighted by atomic mass is 16.5. The van der Waals surface area contributed by atoms with Crippen LogP contribution in [-0.2, 0) is 11.3 Å². The van der Waals surface area contributed by atoms with Crippen molar-refractivity contribution in [1.82, 2.24) is 5.32 Å². The van der Waals surface area contributed by atoms with Crippen molar-refractivity contribution in [1.29, 1.82) is 0 Å². The predicted molar refractivity (Wildman–Crippen MR) is 77.3 cm³/mol. The topological polar surface area (TPSA) is 56.5 Å². The van der Waals surface area contributed by atoms with E-state index in [4.69, 9.17) is 15.2 Å². The molecule has 0 saturated carbocycles. The van der Waals surface area contributed by atoms with Crippen LogP contribution in [0.3, 0.4) is 0 Å². The molecule has 1 saturated heterocycles. The van der Waals surface area contributed by atoms with Gasteiger partial charge in [0.2, 0.25) is 0 Å². The Morgan fingerprint density at radius 1 is 1.47 bits per heavy atom. The van der Waals surface area contributed by atoms with E-state index in [1.165, 1.54) is 0 Å². The standard InChI is InChI=1S/C15H24N2O2/c1-3-14-12(6-7-19-14)10-17-9-11-4-5-13(16)8-15(11)18-2/h4-5,8,12,14,17H,3,6-7,9-10,16H2,1-2H3. The van der Waals surface area contributed by atoms with Crippen LogP contribution in [-0.4, -0.2) is 26.4 Å². The van der Waals surface area contributed by atoms with Gasteiger partial charge in [-0.25, -0.2) is 0 Å². The van der Waals surface area contributed by atoms with Crippen LogP contribution in [0.25, 0.3) is 0 Å². The second-order valence-electron chi connectivity index (χ2n) is 5.07. The van der Waals surface area contributed by atoms with Crippen LogP contribution in [0, 0.1) is 5.92 Å². The summed E-state index contributed by atoms with van der Waals surface area (Å²) in [5.74, 6) is 1.48. The van der Waals surface area contributed by atoms with Gasteiger partial charge in [-0.2, -0.15) is 0 Å². The number of methoxy groups -OCH3 is 1. The number of anilines is 1. The summed E-state index contributed by atoms with van der Waals surface area (Å²) in [6.45, 7) is 4.88. The zero-order valence-corrected chi connectivity index (χ0v) is 11.8. The first kappa shape index (κ1) is 14.2. The molecule has 4 nitrogen and oxygen atoms in total. The Labute approximate surface area is 115 Å². The minimum atomic E-state index is 0.417. The Balaban J connectivity index is 1.85. The summed E-state index contributed by atoms with van der Waals surface area (Å²) < 4.78 is 11.0. The van der Waals surface area contributed by atoms with E-state index in [-0.39, 0.29) is 0 Å². The summed E-state index contributed by atoms with van der Waals surface area (Å²) in [6.07, 6.45) is 2.67. The summed E-state index contributed by atoms with van der Waals surface area (Å²) in [7, 11) is 1.68. The Hall–Kier alpha value is -1.26. The van der Waals surface area contributed by atoms with Crippen LogP contribution in [0.4, 0.5) is 5.69 Å². The minimum absolute atomic E-state index is 0.417. The Kier molecular flexibility index (Phi) is 5.05. The average Bonchev–Trinajstić information content (AvgIpc) is 2.87. The van der Waals surface area contributed by atoms with E-state index in [1.807, 2.05) is 18.2 Å². The van der Waals surface area contributed by atoms with Crippen molar-refractivity contribution in [3.8, 4) is 5.75 Å². The number of nitrogen functional groups attached to an aromatic ring is 1. The maximum atomic E-state index is 5.75. The lowest BCUT2D eigenvalue weighted by atomic mass is 9.99. The van der Waals surface area contributed by atoms with E-state index in [2.05, 4.69) is 12.2 Å². The van der Waals surface area contributed by atoms with Crippen molar-refractivity contribution < 1.29 is 9.47 Å². The zero-order valence-electron chi connectivity index (χ0n) is 11.8. The third-order valence-electron chi connectivity index (χ3n) is 3.78. The van der Waals surface area contributed by atoms with Gasteiger partial charge in [0.1, 0.15) is 5.75 Å². The average molecular weight is 264 g/mol. The molecule has 106 valence electrons. The molecule has 1 fully saturated rings. The molecule has 0 bridgehead atoms. The number of hydrogen-bond acceptors (Lipinski definition) is 4. The summed E-state index contributed by atoms with van der Waals surface area (Å²) in [4.78, 5) is 0. The molecule has 2 unspecified atom stereocenters. The van der Waals surface area contributed by atoms with Gasteiger partial charge in [0.25, 0.3) is 0 Å². The number of hydrogen-bond donors (Lipinski definition) is 2. The van der Waals surface area contributed by atoms with E-state index in [0.29, 0.717) is 12.0 Å². The van der Waals surface area contributed by atoms with E-state index in [0.717, 1.165) is 49.5 Å². The molecule has 19 heavy (non-hydrogen) atoms. The van der Waals surface area contributed by atoms with Gasteiger partial charge >= 0.3 is 0 Å². The second kappa shape index (κ2) is 6.78. The summed E-state index contributed by atoms with van der Waals surface area (Å²) in [6, 6.07) is 5.79. The summed E-state index contributed by atoms with van der Waals surface area (Å²) in [5.41, 5.74) is 7.63. The Bertz CT molecular complexity index is 409. The molecule has 1 aliphatic rings. The Morgan fingerprint density at radius 2 is 2.32 bits per heavy atom. The minimum Gasteiger partial charge on any atom is -0.496 e. The summed E-state index contributed by atoms with van der Waals surface area (Å²) in [5, 5.41) is 3.50. The monoisotopic (exact) mass is 264 g/mol. The number of nitrogens with one attached hydrogen (secondary N) is 1. The molecule has 0 radical (unpaired) electrons. The SMILES string of the molecule is CCC1OCCC1CNCc1ccc(N)cc1OC. The van der Waals surface area contributed by atoms with Crippen LogP contribution in [0.15, 0.2) is 18.2 Å². The highest BCUT2D eigenvalue weighted by Gasteiger charge is 2.25. The number of rotatable bonds is 6. The first-order valence-electron chi connectivity index (χ1n) is 6.99. The van der Waals surface area contributed by atoms with Crippen molar-refractivity contribution >= 4 is 5.69 Å². The van der Waals surface area contributed by atoms with Gasteiger partial charge in [0, 0.05) is 37.0 Å². The van der Waals surface area contributed by atoms with Crippen molar-refractivity contribution in [3.05, 3.63) is 23.8 Å². The van der Waals surface area contributed by atoms with Crippen LogP contribution < -0.4 is 15.8 Å². The molecule has 3 N–H and O–H groups in total. The lowest BCUT2D eigenvalue weighted by molar-refractivity contribution is 0.0872. The summed E-state index contributed by atoms with van der Waals surface area (Å²) >= 11 is 0. The molecule has 1 aromatic carbocycles. The number of nitrogens with two attached hydrogens (primary N) is 1. The molecule has 4 heteroatoms. The van der Waals surface area contributed by atoms with Crippen LogP contribution in [0.2, 0.25) is 0 Å². The van der Waals surface area contributed by atoms with Gasteiger partial charge in [-0.15, -0.1) is 0 Å². The highest BCUT2D eigenvalue weighted by molar-refractivity contribution is 5.48. The van der Waals surface area contributed by atoms with Crippen molar-refractivity contribution in [2.75, 3.05) is 26.0 Å². The molecular weight excluding hydrogens is 240 g/mol. The first-order chi connectivity index (χ1) is 9.24. The molecule has 0 aliphatic carbocycles. The smallest absolute Gasteiger partial charge is 0.125 e. The fourth-order valence-corrected chi connectivity index (χ4v) is 2.68. The van der Waals surface area contributed by atoms with Crippen molar-refractivity contribution in [2.24, 2.45) is 5.92 Å². The molecule has 1 heterocycles. The zero-order chi connectivity index (χ0) is 13.7. The van der Waals surface area contributed by atoms with E-state index in [9.17, 15) is 0 Å². The quantitative estimate of drug-likeness (QED) is 0.773. The fourth-order valence-electron chi connectivity index (χ4n) is 2.68. The molecule has 0 aromatic heterocycles. The number of benzene rings is 1. The molecule has 2 atom stereocenters. The normalized spacial score (nSPS) is 22.6. The lowest BCUT2D eigenvalue weighted by Gasteiger charge is -2.18. The predicted octanol–water partition coefficient (Wildman–Crippen LogP) is 2.18. The van der Waals surface area contributed by atoms with Crippen LogP contribution >= 0.6 is 0 Å². The molecular formula is C15H24N2O2. The molecule has 1 aromatic rings.